The van der Waals surface area contributed by atoms with Crippen molar-refractivity contribution in [3.63, 3.8) is 0 Å². The Morgan fingerprint density at radius 2 is 1.80 bits per heavy atom. The Balaban J connectivity index is 1.88. The molecule has 4 nitrogen and oxygen atoms in total. The zero-order valence-electron chi connectivity index (χ0n) is 15.6. The van der Waals surface area contributed by atoms with Gasteiger partial charge in [0.1, 0.15) is 6.10 Å². The van der Waals surface area contributed by atoms with E-state index in [1.807, 2.05) is 30.3 Å². The van der Waals surface area contributed by atoms with Gasteiger partial charge >= 0.3 is 0 Å². The van der Waals surface area contributed by atoms with Crippen molar-refractivity contribution < 1.29 is 9.90 Å². The molecule has 2 N–H and O–H groups in total. The van der Waals surface area contributed by atoms with Gasteiger partial charge in [-0.3, -0.25) is 4.79 Å². The van der Waals surface area contributed by atoms with Crippen LogP contribution in [0.2, 0.25) is 0 Å². The highest BCUT2D eigenvalue weighted by atomic mass is 16.3. The number of aliphatic hydroxyl groups excluding tert-OH is 1. The summed E-state index contributed by atoms with van der Waals surface area (Å²) in [5, 5.41) is 13.9. The van der Waals surface area contributed by atoms with Crippen LogP contribution in [0.3, 0.4) is 0 Å². The van der Waals surface area contributed by atoms with Gasteiger partial charge in [0.05, 0.1) is 6.04 Å². The summed E-state index contributed by atoms with van der Waals surface area (Å²) in [6.45, 7) is 5.04. The van der Waals surface area contributed by atoms with Crippen LogP contribution in [-0.2, 0) is 4.79 Å². The SMILES string of the molecule is CCCCCCCC(=O)N[C@H](CN1CCCC1)C(O)c1ccccc1. The second kappa shape index (κ2) is 11.3. The number of carbonyl (C=O) groups excluding carboxylic acids is 1. The molecule has 4 heteroatoms. The Hall–Kier alpha value is -1.39. The van der Waals surface area contributed by atoms with E-state index >= 15 is 0 Å². The Bertz CT molecular complexity index is 486. The summed E-state index contributed by atoms with van der Waals surface area (Å²) in [5.74, 6) is 0.0654. The monoisotopic (exact) mass is 346 g/mol. The second-order valence-electron chi connectivity index (χ2n) is 7.20. The molecule has 2 atom stereocenters. The molecule has 1 aliphatic heterocycles. The Kier molecular flexibility index (Phi) is 8.98. The third-order valence-electron chi connectivity index (χ3n) is 5.03. The molecule has 0 saturated carbocycles. The minimum atomic E-state index is -0.661. The summed E-state index contributed by atoms with van der Waals surface area (Å²) < 4.78 is 0. The number of hydrogen-bond donors (Lipinski definition) is 2. The number of nitrogens with one attached hydrogen (secondary N) is 1. The van der Waals surface area contributed by atoms with Crippen molar-refractivity contribution in [3.8, 4) is 0 Å². The summed E-state index contributed by atoms with van der Waals surface area (Å²) in [7, 11) is 0. The number of aliphatic hydroxyl groups is 1. The molecule has 25 heavy (non-hydrogen) atoms. The molecule has 1 heterocycles. The molecule has 0 aliphatic carbocycles. The van der Waals surface area contributed by atoms with Crippen molar-refractivity contribution in [2.24, 2.45) is 0 Å². The predicted molar refractivity (Wildman–Crippen MR) is 102 cm³/mol. The Morgan fingerprint density at radius 3 is 2.48 bits per heavy atom. The number of carbonyl (C=O) groups is 1. The van der Waals surface area contributed by atoms with Crippen LogP contribution in [0.1, 0.15) is 70.0 Å². The number of likely N-dealkylation sites (tertiary alicyclic amines) is 1. The summed E-state index contributed by atoms with van der Waals surface area (Å²) in [4.78, 5) is 14.7. The van der Waals surface area contributed by atoms with Crippen LogP contribution in [0.25, 0.3) is 0 Å². The molecule has 1 aromatic carbocycles. The van der Waals surface area contributed by atoms with Gasteiger partial charge in [0.15, 0.2) is 0 Å². The highest BCUT2D eigenvalue weighted by molar-refractivity contribution is 5.76. The first kappa shape index (κ1) is 19.9. The minimum Gasteiger partial charge on any atom is -0.386 e. The summed E-state index contributed by atoms with van der Waals surface area (Å²) in [5.41, 5.74) is 0.870. The molecule has 0 aromatic heterocycles. The number of hydrogen-bond acceptors (Lipinski definition) is 3. The maximum atomic E-state index is 12.4. The second-order valence-corrected chi connectivity index (χ2v) is 7.20. The quantitative estimate of drug-likeness (QED) is 0.601. The lowest BCUT2D eigenvalue weighted by atomic mass is 10.0. The molecule has 1 aliphatic rings. The number of rotatable bonds is 11. The minimum absolute atomic E-state index is 0.0654. The van der Waals surface area contributed by atoms with Gasteiger partial charge in [-0.05, 0) is 37.9 Å². The first-order chi connectivity index (χ1) is 12.2. The molecule has 1 saturated heterocycles. The highest BCUT2D eigenvalue weighted by Crippen LogP contribution is 2.19. The van der Waals surface area contributed by atoms with E-state index < -0.39 is 6.10 Å². The van der Waals surface area contributed by atoms with E-state index in [-0.39, 0.29) is 11.9 Å². The number of amides is 1. The topological polar surface area (TPSA) is 52.6 Å². The molecule has 0 spiro atoms. The molecule has 0 bridgehead atoms. The van der Waals surface area contributed by atoms with Crippen LogP contribution < -0.4 is 5.32 Å². The van der Waals surface area contributed by atoms with E-state index in [1.54, 1.807) is 0 Å². The van der Waals surface area contributed by atoms with Crippen LogP contribution in [0.15, 0.2) is 30.3 Å². The smallest absolute Gasteiger partial charge is 0.220 e. The van der Waals surface area contributed by atoms with Crippen LogP contribution in [0.4, 0.5) is 0 Å². The zero-order valence-corrected chi connectivity index (χ0v) is 15.6. The van der Waals surface area contributed by atoms with Crippen molar-refractivity contribution in [2.45, 2.75) is 70.4 Å². The van der Waals surface area contributed by atoms with Crippen molar-refractivity contribution in [2.75, 3.05) is 19.6 Å². The fourth-order valence-corrected chi connectivity index (χ4v) is 3.52. The van der Waals surface area contributed by atoms with Crippen molar-refractivity contribution in [3.05, 3.63) is 35.9 Å². The van der Waals surface area contributed by atoms with Gasteiger partial charge in [-0.1, -0.05) is 62.9 Å². The van der Waals surface area contributed by atoms with Gasteiger partial charge in [-0.25, -0.2) is 0 Å². The molecular weight excluding hydrogens is 312 g/mol. The number of nitrogens with zero attached hydrogens (tertiary/aromatic N) is 1. The normalized spacial score (nSPS) is 17.4. The molecule has 1 amide bonds. The van der Waals surface area contributed by atoms with E-state index in [9.17, 15) is 9.90 Å². The van der Waals surface area contributed by atoms with E-state index in [0.29, 0.717) is 6.42 Å². The average molecular weight is 347 g/mol. The molecule has 140 valence electrons. The summed E-state index contributed by atoms with van der Waals surface area (Å²) in [6.07, 6.45) is 8.02. The fraction of sp³-hybridized carbons (Fsp3) is 0.667. The standard InChI is InChI=1S/C21H34N2O2/c1-2-3-4-5-9-14-20(24)22-19(17-23-15-10-11-16-23)21(25)18-12-7-6-8-13-18/h6-8,12-13,19,21,25H,2-5,9-11,14-17H2,1H3,(H,22,24)/t19-,21?/m1/s1. The lowest BCUT2D eigenvalue weighted by Gasteiger charge is -2.28. The molecular formula is C21H34N2O2. The lowest BCUT2D eigenvalue weighted by molar-refractivity contribution is -0.123. The average Bonchev–Trinajstić information content (AvgIpc) is 3.14. The highest BCUT2D eigenvalue weighted by Gasteiger charge is 2.26. The maximum absolute atomic E-state index is 12.4. The predicted octanol–water partition coefficient (Wildman–Crippen LogP) is 3.66. The van der Waals surface area contributed by atoms with E-state index in [4.69, 9.17) is 0 Å². The molecule has 1 fully saturated rings. The molecule has 1 unspecified atom stereocenters. The third kappa shape index (κ3) is 7.17. The van der Waals surface area contributed by atoms with Crippen LogP contribution >= 0.6 is 0 Å². The lowest BCUT2D eigenvalue weighted by Crippen LogP contribution is -2.46. The van der Waals surface area contributed by atoms with Gasteiger partial charge in [0, 0.05) is 13.0 Å². The van der Waals surface area contributed by atoms with Crippen molar-refractivity contribution in [1.82, 2.24) is 10.2 Å². The maximum Gasteiger partial charge on any atom is 0.220 e. The Morgan fingerprint density at radius 1 is 1.12 bits per heavy atom. The summed E-state index contributed by atoms with van der Waals surface area (Å²) in [6, 6.07) is 9.42. The van der Waals surface area contributed by atoms with Crippen LogP contribution in [0.5, 0.6) is 0 Å². The fourth-order valence-electron chi connectivity index (χ4n) is 3.52. The number of benzene rings is 1. The van der Waals surface area contributed by atoms with Gasteiger partial charge in [-0.2, -0.15) is 0 Å². The van der Waals surface area contributed by atoms with Gasteiger partial charge in [0.25, 0.3) is 0 Å². The zero-order chi connectivity index (χ0) is 17.9. The van der Waals surface area contributed by atoms with Gasteiger partial charge in [0.2, 0.25) is 5.91 Å². The largest absolute Gasteiger partial charge is 0.386 e. The molecule has 0 radical (unpaired) electrons. The van der Waals surface area contributed by atoms with Crippen LogP contribution in [-0.4, -0.2) is 41.6 Å². The summed E-state index contributed by atoms with van der Waals surface area (Å²) >= 11 is 0. The Labute approximate surface area is 152 Å². The van der Waals surface area contributed by atoms with Crippen molar-refractivity contribution in [1.29, 1.82) is 0 Å². The van der Waals surface area contributed by atoms with Crippen molar-refractivity contribution >= 4 is 5.91 Å². The van der Waals surface area contributed by atoms with Crippen LogP contribution in [0, 0.1) is 0 Å². The van der Waals surface area contributed by atoms with E-state index in [1.165, 1.54) is 32.1 Å². The van der Waals surface area contributed by atoms with Gasteiger partial charge < -0.3 is 15.3 Å². The first-order valence-corrected chi connectivity index (χ1v) is 9.95. The molecule has 2 rings (SSSR count). The van der Waals surface area contributed by atoms with E-state index in [0.717, 1.165) is 38.0 Å². The third-order valence-corrected chi connectivity index (χ3v) is 5.03. The van der Waals surface area contributed by atoms with E-state index in [2.05, 4.69) is 17.1 Å². The number of unbranched alkanes of at least 4 members (excludes halogenated alkanes) is 4. The first-order valence-electron chi connectivity index (χ1n) is 9.95. The molecule has 1 aromatic rings. The van der Waals surface area contributed by atoms with Gasteiger partial charge in [-0.15, -0.1) is 0 Å².